The van der Waals surface area contributed by atoms with Crippen molar-refractivity contribution >= 4 is 16.8 Å². The molecule has 5 nitrogen and oxygen atoms in total. The van der Waals surface area contributed by atoms with Crippen molar-refractivity contribution in [1.29, 1.82) is 0 Å². The molecule has 1 aromatic carbocycles. The van der Waals surface area contributed by atoms with Crippen molar-refractivity contribution in [3.63, 3.8) is 0 Å². The molecule has 120 valence electrons. The molecule has 0 spiro atoms. The van der Waals surface area contributed by atoms with Crippen LogP contribution in [-0.4, -0.2) is 48.5 Å². The number of rotatable bonds is 3. The number of carbonyl (C=O) groups excluding carboxylic acids is 1. The van der Waals surface area contributed by atoms with Crippen LogP contribution in [0.5, 0.6) is 0 Å². The van der Waals surface area contributed by atoms with Crippen LogP contribution < -0.4 is 10.6 Å². The van der Waals surface area contributed by atoms with Gasteiger partial charge in [0.05, 0.1) is 5.69 Å². The predicted molar refractivity (Wildman–Crippen MR) is 91.0 cm³/mol. The van der Waals surface area contributed by atoms with Crippen LogP contribution in [0.4, 0.5) is 0 Å². The molecule has 0 saturated carbocycles. The highest BCUT2D eigenvalue weighted by Crippen LogP contribution is 2.38. The van der Waals surface area contributed by atoms with Gasteiger partial charge >= 0.3 is 0 Å². The molecule has 4 rings (SSSR count). The monoisotopic (exact) mass is 310 g/mol. The minimum atomic E-state index is -0.327. The average molecular weight is 310 g/mol. The first-order valence-corrected chi connectivity index (χ1v) is 8.35. The van der Waals surface area contributed by atoms with Crippen molar-refractivity contribution in [1.82, 2.24) is 20.5 Å². The van der Waals surface area contributed by atoms with Crippen molar-refractivity contribution in [2.24, 2.45) is 0 Å². The molecule has 1 fully saturated rings. The van der Waals surface area contributed by atoms with Gasteiger partial charge < -0.3 is 10.3 Å². The lowest BCUT2D eigenvalue weighted by atomic mass is 9.89. The lowest BCUT2D eigenvalue weighted by Gasteiger charge is -2.48. The highest BCUT2D eigenvalue weighted by atomic mass is 16.1. The van der Waals surface area contributed by atoms with Gasteiger partial charge in [0.25, 0.3) is 0 Å². The highest BCUT2D eigenvalue weighted by molar-refractivity contribution is 5.85. The van der Waals surface area contributed by atoms with Gasteiger partial charge in [0.1, 0.15) is 11.6 Å². The first-order chi connectivity index (χ1) is 11.3. The third-order valence-electron chi connectivity index (χ3n) is 5.16. The first-order valence-electron chi connectivity index (χ1n) is 8.35. The Morgan fingerprint density at radius 2 is 2.04 bits per heavy atom. The van der Waals surface area contributed by atoms with Crippen LogP contribution >= 0.6 is 0 Å². The Labute approximate surface area is 135 Å². The van der Waals surface area contributed by atoms with E-state index >= 15 is 0 Å². The summed E-state index contributed by atoms with van der Waals surface area (Å²) in [5.41, 5.74) is 3.46. The van der Waals surface area contributed by atoms with Crippen LogP contribution in [0, 0.1) is 0 Å². The zero-order chi connectivity index (χ0) is 15.7. The fourth-order valence-electron chi connectivity index (χ4n) is 4.10. The number of aromatic amines is 1. The predicted octanol–water partition coefficient (Wildman–Crippen LogP) is 1.15. The van der Waals surface area contributed by atoms with Crippen LogP contribution in [0.2, 0.25) is 0 Å². The Hall–Kier alpha value is -1.91. The number of nitrogens with one attached hydrogen (secondary N) is 3. The topological polar surface area (TPSA) is 60.2 Å². The van der Waals surface area contributed by atoms with Gasteiger partial charge in [-0.05, 0) is 18.1 Å². The highest BCUT2D eigenvalue weighted by Gasteiger charge is 2.43. The molecule has 1 saturated heterocycles. The summed E-state index contributed by atoms with van der Waals surface area (Å²) in [7, 11) is 0. The number of H-pyrrole nitrogens is 1. The molecule has 3 N–H and O–H groups in total. The molecule has 3 heterocycles. The summed E-state index contributed by atoms with van der Waals surface area (Å²) in [6, 6.07) is 8.48. The van der Waals surface area contributed by atoms with E-state index in [1.807, 2.05) is 5.94 Å². The fourth-order valence-corrected chi connectivity index (χ4v) is 4.10. The minimum absolute atomic E-state index is 0.327. The van der Waals surface area contributed by atoms with Gasteiger partial charge in [0, 0.05) is 56.1 Å². The molecule has 2 aromatic rings. The molecular weight excluding hydrogens is 288 g/mol. The number of hydrogen-bond acceptors (Lipinski definition) is 4. The minimum Gasteiger partial charge on any atom is -0.355 e. The van der Waals surface area contributed by atoms with Gasteiger partial charge in [-0.15, -0.1) is 0 Å². The normalized spacial score (nSPS) is 25.0. The number of para-hydroxylation sites is 1. The second-order valence-corrected chi connectivity index (χ2v) is 6.32. The Balaban J connectivity index is 1.88. The molecule has 5 heteroatoms. The Morgan fingerprint density at radius 3 is 2.87 bits per heavy atom. The van der Waals surface area contributed by atoms with E-state index < -0.39 is 0 Å². The third kappa shape index (κ3) is 2.33. The zero-order valence-electron chi connectivity index (χ0n) is 13.2. The van der Waals surface area contributed by atoms with Crippen molar-refractivity contribution in [2.45, 2.75) is 18.5 Å². The Bertz CT molecular complexity index is 755. The van der Waals surface area contributed by atoms with Gasteiger partial charge in [-0.2, -0.15) is 0 Å². The van der Waals surface area contributed by atoms with Crippen molar-refractivity contribution in [3.8, 4) is 0 Å². The summed E-state index contributed by atoms with van der Waals surface area (Å²) in [5, 5.41) is 8.43. The second-order valence-electron chi connectivity index (χ2n) is 6.32. The van der Waals surface area contributed by atoms with E-state index in [9.17, 15) is 4.79 Å². The van der Waals surface area contributed by atoms with Gasteiger partial charge in [0.15, 0.2) is 0 Å². The van der Waals surface area contributed by atoms with Crippen molar-refractivity contribution in [2.75, 3.05) is 32.7 Å². The zero-order valence-corrected chi connectivity index (χ0v) is 13.2. The van der Waals surface area contributed by atoms with Crippen molar-refractivity contribution < 1.29 is 4.79 Å². The number of benzene rings is 1. The van der Waals surface area contributed by atoms with Crippen LogP contribution in [0.3, 0.4) is 0 Å². The van der Waals surface area contributed by atoms with Crippen LogP contribution in [0.25, 0.3) is 10.9 Å². The van der Waals surface area contributed by atoms with E-state index in [2.05, 4.69) is 44.8 Å². The van der Waals surface area contributed by atoms with Crippen LogP contribution in [0.1, 0.15) is 17.7 Å². The molecule has 0 radical (unpaired) electrons. The van der Waals surface area contributed by atoms with E-state index in [1.165, 1.54) is 22.2 Å². The van der Waals surface area contributed by atoms with Gasteiger partial charge in [-0.25, -0.2) is 4.79 Å². The molecule has 0 bridgehead atoms. The third-order valence-corrected chi connectivity index (χ3v) is 5.16. The van der Waals surface area contributed by atoms with E-state index in [0.29, 0.717) is 6.42 Å². The molecule has 1 aromatic heterocycles. The van der Waals surface area contributed by atoms with E-state index in [1.54, 1.807) is 6.08 Å². The van der Waals surface area contributed by atoms with Crippen LogP contribution in [0.15, 0.2) is 30.3 Å². The van der Waals surface area contributed by atoms with Gasteiger partial charge in [-0.1, -0.05) is 18.2 Å². The lowest BCUT2D eigenvalue weighted by Crippen LogP contribution is -2.63. The lowest BCUT2D eigenvalue weighted by molar-refractivity contribution is 0.0326. The summed E-state index contributed by atoms with van der Waals surface area (Å²) < 4.78 is 0. The van der Waals surface area contributed by atoms with Gasteiger partial charge in [-0.3, -0.25) is 10.2 Å². The SMILES string of the molecule is O=C=CCC1(N2CCNCC2)NCCc2c1[nH]c1ccccc21. The quantitative estimate of drug-likeness (QED) is 0.744. The molecule has 2 aliphatic rings. The fraction of sp³-hybridized carbons (Fsp3) is 0.444. The number of piperazine rings is 1. The molecule has 1 unspecified atom stereocenters. The van der Waals surface area contributed by atoms with E-state index in [-0.39, 0.29) is 5.66 Å². The average Bonchev–Trinajstić information content (AvgIpc) is 3.00. The van der Waals surface area contributed by atoms with Crippen LogP contribution in [-0.2, 0) is 16.9 Å². The molecule has 23 heavy (non-hydrogen) atoms. The number of fused-ring (bicyclic) bond motifs is 3. The maximum atomic E-state index is 10.9. The van der Waals surface area contributed by atoms with Gasteiger partial charge in [0.2, 0.25) is 0 Å². The summed E-state index contributed by atoms with van der Waals surface area (Å²) in [6.45, 7) is 4.81. The number of hydrogen-bond donors (Lipinski definition) is 3. The molecule has 2 aliphatic heterocycles. The van der Waals surface area contributed by atoms with Crippen molar-refractivity contribution in [3.05, 3.63) is 41.6 Å². The number of aromatic nitrogens is 1. The molecule has 0 aliphatic carbocycles. The molecule has 1 atom stereocenters. The summed E-state index contributed by atoms with van der Waals surface area (Å²) in [5.74, 6) is 1.97. The Kier molecular flexibility index (Phi) is 3.79. The molecule has 0 amide bonds. The van der Waals surface area contributed by atoms with E-state index in [4.69, 9.17) is 0 Å². The smallest absolute Gasteiger partial charge is 0.120 e. The first kappa shape index (κ1) is 14.7. The summed E-state index contributed by atoms with van der Waals surface area (Å²) in [6.07, 6.45) is 3.27. The Morgan fingerprint density at radius 1 is 1.22 bits per heavy atom. The van der Waals surface area contributed by atoms with E-state index in [0.717, 1.165) is 39.1 Å². The maximum Gasteiger partial charge on any atom is 0.120 e. The second kappa shape index (κ2) is 5.95. The summed E-state index contributed by atoms with van der Waals surface area (Å²) in [4.78, 5) is 17.0. The largest absolute Gasteiger partial charge is 0.355 e. The maximum absolute atomic E-state index is 10.9. The number of nitrogens with zero attached hydrogens (tertiary/aromatic N) is 1. The standard InChI is InChI=1S/C18H22N4O/c23-13-3-7-18(22-11-9-19-10-12-22)17-15(6-8-20-18)14-4-1-2-5-16(14)21-17/h1-5,19-21H,6-12H2. The molecular formula is C18H22N4O. The summed E-state index contributed by atoms with van der Waals surface area (Å²) >= 11 is 0.